The highest BCUT2D eigenvalue weighted by atomic mass is 32.2. The summed E-state index contributed by atoms with van der Waals surface area (Å²) in [5, 5.41) is 5.55. The van der Waals surface area contributed by atoms with Crippen LogP contribution in [-0.2, 0) is 9.84 Å². The third kappa shape index (κ3) is 5.44. The van der Waals surface area contributed by atoms with Gasteiger partial charge in [0.25, 0.3) is 0 Å². The number of halogens is 2. The Labute approximate surface area is 243 Å². The SMILES string of the molecule is COc1ccncc1-c1cc2c(cnn2-c2cc(N3C[C@H](CS(C)(=O)=O)[C@H]3C)cc(C3CCC(F)(F)CC3)n2)c(C)n1. The Morgan fingerprint density at radius 1 is 1.12 bits per heavy atom. The molecular formula is C30H34F2N6O3S. The van der Waals surface area contributed by atoms with Crippen LogP contribution in [0.1, 0.15) is 49.9 Å². The first-order valence-electron chi connectivity index (χ1n) is 14.1. The number of ether oxygens (including phenoxy) is 1. The number of nitrogens with zero attached hydrogens (tertiary/aromatic N) is 6. The van der Waals surface area contributed by atoms with E-state index < -0.39 is 15.8 Å². The van der Waals surface area contributed by atoms with Crippen molar-refractivity contribution in [2.24, 2.45) is 5.92 Å². The van der Waals surface area contributed by atoms with E-state index in [0.717, 1.165) is 33.5 Å². The minimum atomic E-state index is -3.11. The highest BCUT2D eigenvalue weighted by Gasteiger charge is 2.39. The smallest absolute Gasteiger partial charge is 0.248 e. The number of pyridine rings is 3. The maximum Gasteiger partial charge on any atom is 0.248 e. The molecule has 0 radical (unpaired) electrons. The number of aryl methyl sites for hydroxylation is 1. The molecule has 42 heavy (non-hydrogen) atoms. The van der Waals surface area contributed by atoms with E-state index in [4.69, 9.17) is 14.7 Å². The van der Waals surface area contributed by atoms with Gasteiger partial charge in [0.05, 0.1) is 35.8 Å². The van der Waals surface area contributed by atoms with Crippen LogP contribution in [0, 0.1) is 12.8 Å². The summed E-state index contributed by atoms with van der Waals surface area (Å²) in [7, 11) is -1.51. The number of anilines is 1. The molecule has 12 heteroatoms. The van der Waals surface area contributed by atoms with Gasteiger partial charge in [-0.1, -0.05) is 0 Å². The van der Waals surface area contributed by atoms with E-state index in [0.29, 0.717) is 36.6 Å². The average molecular weight is 597 g/mol. The van der Waals surface area contributed by atoms with E-state index >= 15 is 0 Å². The number of alkyl halides is 2. The van der Waals surface area contributed by atoms with Crippen molar-refractivity contribution < 1.29 is 21.9 Å². The zero-order valence-corrected chi connectivity index (χ0v) is 24.9. The van der Waals surface area contributed by atoms with Gasteiger partial charge >= 0.3 is 0 Å². The lowest BCUT2D eigenvalue weighted by molar-refractivity contribution is -0.0384. The van der Waals surface area contributed by atoms with Crippen molar-refractivity contribution in [1.29, 1.82) is 0 Å². The molecule has 0 aromatic carbocycles. The molecule has 6 rings (SSSR count). The van der Waals surface area contributed by atoms with E-state index in [1.54, 1.807) is 36.4 Å². The zero-order chi connectivity index (χ0) is 29.8. The summed E-state index contributed by atoms with van der Waals surface area (Å²) < 4.78 is 59.3. The highest BCUT2D eigenvalue weighted by Crippen LogP contribution is 2.42. The zero-order valence-electron chi connectivity index (χ0n) is 24.1. The molecule has 0 bridgehead atoms. The van der Waals surface area contributed by atoms with Crippen molar-refractivity contribution in [1.82, 2.24) is 24.7 Å². The molecule has 9 nitrogen and oxygen atoms in total. The van der Waals surface area contributed by atoms with Crippen molar-refractivity contribution >= 4 is 26.4 Å². The van der Waals surface area contributed by atoms with E-state index in [2.05, 4.69) is 15.0 Å². The van der Waals surface area contributed by atoms with Gasteiger partial charge in [-0.25, -0.2) is 26.9 Å². The lowest BCUT2D eigenvalue weighted by atomic mass is 9.84. The topological polar surface area (TPSA) is 103 Å². The highest BCUT2D eigenvalue weighted by molar-refractivity contribution is 7.90. The van der Waals surface area contributed by atoms with Gasteiger partial charge in [0, 0.05) is 84.4 Å². The Morgan fingerprint density at radius 3 is 2.57 bits per heavy atom. The first-order valence-corrected chi connectivity index (χ1v) is 16.2. The second kappa shape index (κ2) is 10.6. The Kier molecular flexibility index (Phi) is 7.15. The van der Waals surface area contributed by atoms with Crippen LogP contribution in [-0.4, -0.2) is 70.8 Å². The average Bonchev–Trinajstić information content (AvgIpc) is 3.39. The van der Waals surface area contributed by atoms with Crippen LogP contribution in [0.2, 0.25) is 0 Å². The van der Waals surface area contributed by atoms with Gasteiger partial charge in [-0.15, -0.1) is 0 Å². The van der Waals surface area contributed by atoms with Crippen molar-refractivity contribution in [3.63, 3.8) is 0 Å². The van der Waals surface area contributed by atoms with Crippen molar-refractivity contribution in [2.45, 2.75) is 57.4 Å². The fourth-order valence-corrected chi connectivity index (χ4v) is 7.36. The van der Waals surface area contributed by atoms with Gasteiger partial charge in [0.1, 0.15) is 15.6 Å². The first kappa shape index (κ1) is 28.4. The summed E-state index contributed by atoms with van der Waals surface area (Å²) in [6, 6.07) is 7.64. The standard InChI is InChI=1S/C30H34F2N6O3S/c1-18-23-15-34-38(27(23)13-26(35-18)24-14-33-10-7-28(24)41-3)29-12-22(37-16-21(19(37)2)17-42(4,39)40)11-25(36-29)20-5-8-30(31,32)9-6-20/h7,10-15,19-21H,5-6,8-9,16-17H2,1-4H3/t19-,21-/m1/s1. The summed E-state index contributed by atoms with van der Waals surface area (Å²) in [6.07, 6.45) is 6.76. The molecule has 1 aliphatic carbocycles. The van der Waals surface area contributed by atoms with Crippen LogP contribution < -0.4 is 9.64 Å². The van der Waals surface area contributed by atoms with E-state index in [9.17, 15) is 17.2 Å². The third-order valence-corrected chi connectivity index (χ3v) is 9.69. The first-order chi connectivity index (χ1) is 19.9. The second-order valence-electron chi connectivity index (χ2n) is 11.6. The maximum absolute atomic E-state index is 14.0. The van der Waals surface area contributed by atoms with Gasteiger partial charge in [-0.2, -0.15) is 5.10 Å². The van der Waals surface area contributed by atoms with Gasteiger partial charge in [-0.05, 0) is 44.9 Å². The lowest BCUT2D eigenvalue weighted by Crippen LogP contribution is -2.57. The van der Waals surface area contributed by atoms with Crippen LogP contribution in [0.25, 0.3) is 28.0 Å². The molecule has 4 aromatic rings. The number of fused-ring (bicyclic) bond motifs is 1. The van der Waals surface area contributed by atoms with Crippen LogP contribution >= 0.6 is 0 Å². The summed E-state index contributed by atoms with van der Waals surface area (Å²) in [5.41, 5.74) is 4.63. The summed E-state index contributed by atoms with van der Waals surface area (Å²) in [5.74, 6) is -1.38. The monoisotopic (exact) mass is 596 g/mol. The molecular weight excluding hydrogens is 562 g/mol. The van der Waals surface area contributed by atoms with E-state index in [1.165, 1.54) is 6.26 Å². The largest absolute Gasteiger partial charge is 0.496 e. The van der Waals surface area contributed by atoms with Crippen LogP contribution in [0.15, 0.2) is 42.9 Å². The molecule has 0 amide bonds. The normalized spacial score (nSPS) is 21.0. The molecule has 0 spiro atoms. The maximum atomic E-state index is 14.0. The van der Waals surface area contributed by atoms with E-state index in [1.807, 2.05) is 32.0 Å². The second-order valence-corrected chi connectivity index (χ2v) is 13.8. The summed E-state index contributed by atoms with van der Waals surface area (Å²) >= 11 is 0. The number of hydrogen-bond donors (Lipinski definition) is 0. The molecule has 1 saturated carbocycles. The van der Waals surface area contributed by atoms with Gasteiger partial charge in [0.2, 0.25) is 5.92 Å². The van der Waals surface area contributed by atoms with Crippen molar-refractivity contribution in [3.8, 4) is 22.8 Å². The molecule has 222 valence electrons. The molecule has 4 aromatic heterocycles. The number of methoxy groups -OCH3 is 1. The predicted molar refractivity (Wildman–Crippen MR) is 157 cm³/mol. The Morgan fingerprint density at radius 2 is 1.88 bits per heavy atom. The molecule has 2 aliphatic rings. The molecule has 1 saturated heterocycles. The van der Waals surface area contributed by atoms with Gasteiger partial charge in [-0.3, -0.25) is 9.97 Å². The van der Waals surface area contributed by atoms with Crippen molar-refractivity contribution in [3.05, 3.63) is 54.2 Å². The fourth-order valence-electron chi connectivity index (χ4n) is 6.20. The van der Waals surface area contributed by atoms with Gasteiger partial charge in [0.15, 0.2) is 5.82 Å². The summed E-state index contributed by atoms with van der Waals surface area (Å²) in [4.78, 5) is 16.2. The molecule has 0 unspecified atom stereocenters. The Hall–Kier alpha value is -3.67. The predicted octanol–water partition coefficient (Wildman–Crippen LogP) is 5.36. The van der Waals surface area contributed by atoms with Crippen molar-refractivity contribution in [2.75, 3.05) is 30.6 Å². The molecule has 5 heterocycles. The van der Waals surface area contributed by atoms with Crippen LogP contribution in [0.5, 0.6) is 5.75 Å². The molecule has 0 N–H and O–H groups in total. The van der Waals surface area contributed by atoms with Gasteiger partial charge < -0.3 is 9.64 Å². The number of hydrogen-bond acceptors (Lipinski definition) is 8. The number of rotatable bonds is 7. The number of aromatic nitrogens is 5. The van der Waals surface area contributed by atoms with E-state index in [-0.39, 0.29) is 36.5 Å². The minimum Gasteiger partial charge on any atom is -0.496 e. The quantitative estimate of drug-likeness (QED) is 0.281. The van der Waals surface area contributed by atoms with Crippen LogP contribution in [0.3, 0.4) is 0 Å². The molecule has 1 aliphatic heterocycles. The molecule has 2 atom stereocenters. The Balaban J connectivity index is 1.44. The minimum absolute atomic E-state index is 0.00368. The number of sulfone groups is 1. The Bertz CT molecular complexity index is 1750. The third-order valence-electron chi connectivity index (χ3n) is 8.66. The molecule has 2 fully saturated rings. The summed E-state index contributed by atoms with van der Waals surface area (Å²) in [6.45, 7) is 4.53. The van der Waals surface area contributed by atoms with Crippen LogP contribution in [0.4, 0.5) is 14.5 Å². The fraction of sp³-hybridized carbons (Fsp3) is 0.467. The lowest BCUT2D eigenvalue weighted by Gasteiger charge is -2.48.